The Labute approximate surface area is 141 Å². The normalized spacial score (nSPS) is 23.7. The molecule has 1 aromatic rings. The van der Waals surface area contributed by atoms with Crippen LogP contribution in [0.15, 0.2) is 18.2 Å². The summed E-state index contributed by atoms with van der Waals surface area (Å²) in [7, 11) is 0. The number of hydrogen-bond acceptors (Lipinski definition) is 3. The molecule has 1 fully saturated rings. The molecule has 0 aromatic heterocycles. The highest BCUT2D eigenvalue weighted by Crippen LogP contribution is 2.23. The standard InChI is InChI=1S/C18H29NO2.ClH/c1-13-8-9-18(10-14(13)2)21-12-17(20)11-19-15(3)6-5-7-16(19)4;/h8-10,15-17,20H,5-7,11-12H2,1-4H3;1H. The van der Waals surface area contributed by atoms with Crippen LogP contribution in [0.3, 0.4) is 0 Å². The minimum absolute atomic E-state index is 0. The average Bonchev–Trinajstić information content (AvgIpc) is 2.44. The SMILES string of the molecule is Cc1ccc(OCC(O)CN2C(C)CCCC2C)cc1C.Cl. The summed E-state index contributed by atoms with van der Waals surface area (Å²) in [6, 6.07) is 7.19. The summed E-state index contributed by atoms with van der Waals surface area (Å²) in [5.74, 6) is 0.844. The molecule has 0 saturated carbocycles. The molecule has 0 aliphatic carbocycles. The van der Waals surface area contributed by atoms with E-state index in [9.17, 15) is 5.11 Å². The van der Waals surface area contributed by atoms with Gasteiger partial charge in [-0.3, -0.25) is 4.90 Å². The van der Waals surface area contributed by atoms with Crippen molar-refractivity contribution in [3.8, 4) is 5.75 Å². The van der Waals surface area contributed by atoms with Crippen LogP contribution in [0.4, 0.5) is 0 Å². The van der Waals surface area contributed by atoms with Gasteiger partial charge in [-0.05, 0) is 63.8 Å². The molecule has 3 unspecified atom stereocenters. The van der Waals surface area contributed by atoms with E-state index in [0.717, 1.165) is 5.75 Å². The molecule has 1 aliphatic rings. The lowest BCUT2D eigenvalue weighted by Gasteiger charge is -2.40. The minimum atomic E-state index is -0.436. The maximum atomic E-state index is 10.3. The van der Waals surface area contributed by atoms with Crippen molar-refractivity contribution in [2.75, 3.05) is 13.2 Å². The third-order valence-corrected chi connectivity index (χ3v) is 4.72. The van der Waals surface area contributed by atoms with Gasteiger partial charge in [0.1, 0.15) is 18.5 Å². The van der Waals surface area contributed by atoms with Gasteiger partial charge in [0.2, 0.25) is 0 Å². The summed E-state index contributed by atoms with van der Waals surface area (Å²) in [6.07, 6.45) is 3.33. The van der Waals surface area contributed by atoms with Crippen LogP contribution in [-0.4, -0.2) is 41.3 Å². The van der Waals surface area contributed by atoms with Gasteiger partial charge in [0.05, 0.1) is 0 Å². The Bertz CT molecular complexity index is 456. The molecule has 1 aromatic carbocycles. The Hall–Kier alpha value is -0.770. The van der Waals surface area contributed by atoms with Crippen molar-refractivity contribution in [3.05, 3.63) is 29.3 Å². The number of β-amino-alcohol motifs (C(OH)–C–C–N with tert-alkyl or cyclic N) is 1. The Morgan fingerprint density at radius 1 is 1.18 bits per heavy atom. The molecule has 3 nitrogen and oxygen atoms in total. The van der Waals surface area contributed by atoms with Gasteiger partial charge >= 0.3 is 0 Å². The van der Waals surface area contributed by atoms with E-state index >= 15 is 0 Å². The number of piperidine rings is 1. The van der Waals surface area contributed by atoms with Crippen molar-refractivity contribution in [1.82, 2.24) is 4.90 Å². The van der Waals surface area contributed by atoms with Crippen molar-refractivity contribution in [3.63, 3.8) is 0 Å². The molecule has 0 spiro atoms. The third kappa shape index (κ3) is 5.15. The van der Waals surface area contributed by atoms with Crippen molar-refractivity contribution < 1.29 is 9.84 Å². The van der Waals surface area contributed by atoms with Gasteiger partial charge in [-0.15, -0.1) is 12.4 Å². The van der Waals surface area contributed by atoms with Crippen molar-refractivity contribution in [1.29, 1.82) is 0 Å². The van der Waals surface area contributed by atoms with Gasteiger partial charge in [-0.2, -0.15) is 0 Å². The van der Waals surface area contributed by atoms with Gasteiger partial charge in [0.15, 0.2) is 0 Å². The molecular weight excluding hydrogens is 298 g/mol. The van der Waals surface area contributed by atoms with Gasteiger partial charge < -0.3 is 9.84 Å². The first-order valence-corrected chi connectivity index (χ1v) is 8.11. The smallest absolute Gasteiger partial charge is 0.119 e. The summed E-state index contributed by atoms with van der Waals surface area (Å²) in [5.41, 5.74) is 2.49. The van der Waals surface area contributed by atoms with E-state index in [2.05, 4.69) is 38.7 Å². The first-order valence-electron chi connectivity index (χ1n) is 8.11. The topological polar surface area (TPSA) is 32.7 Å². The first-order chi connectivity index (χ1) is 9.97. The summed E-state index contributed by atoms with van der Waals surface area (Å²) in [6.45, 7) is 9.74. The molecule has 4 heteroatoms. The van der Waals surface area contributed by atoms with Crippen LogP contribution in [0.2, 0.25) is 0 Å². The number of hydrogen-bond donors (Lipinski definition) is 1. The predicted octanol–water partition coefficient (Wildman–Crippen LogP) is 3.73. The third-order valence-electron chi connectivity index (χ3n) is 4.72. The molecule has 1 aliphatic heterocycles. The minimum Gasteiger partial charge on any atom is -0.491 e. The van der Waals surface area contributed by atoms with Crippen LogP contribution in [0.1, 0.15) is 44.2 Å². The number of benzene rings is 1. The molecule has 126 valence electrons. The van der Waals surface area contributed by atoms with E-state index < -0.39 is 6.10 Å². The summed E-state index contributed by atoms with van der Waals surface area (Å²) in [4.78, 5) is 2.41. The Morgan fingerprint density at radius 3 is 2.41 bits per heavy atom. The van der Waals surface area contributed by atoms with E-state index in [-0.39, 0.29) is 12.4 Å². The fraction of sp³-hybridized carbons (Fsp3) is 0.667. The molecule has 1 saturated heterocycles. The first kappa shape index (κ1) is 19.3. The molecular formula is C18H30ClNO2. The second-order valence-electron chi connectivity index (χ2n) is 6.54. The lowest BCUT2D eigenvalue weighted by molar-refractivity contribution is 0.0209. The van der Waals surface area contributed by atoms with Crippen molar-refractivity contribution in [2.45, 2.75) is 65.1 Å². The van der Waals surface area contributed by atoms with Crippen LogP contribution in [0.5, 0.6) is 5.75 Å². The lowest BCUT2D eigenvalue weighted by Crippen LogP contribution is -2.48. The fourth-order valence-corrected chi connectivity index (χ4v) is 3.13. The number of aliphatic hydroxyl groups is 1. The van der Waals surface area contributed by atoms with Gasteiger partial charge in [0, 0.05) is 18.6 Å². The zero-order valence-corrected chi connectivity index (χ0v) is 15.0. The summed E-state index contributed by atoms with van der Waals surface area (Å²) in [5, 5.41) is 10.3. The number of aliphatic hydroxyl groups excluding tert-OH is 1. The molecule has 1 N–H and O–H groups in total. The number of aryl methyl sites for hydroxylation is 2. The quantitative estimate of drug-likeness (QED) is 0.894. The van der Waals surface area contributed by atoms with E-state index in [1.807, 2.05) is 12.1 Å². The zero-order chi connectivity index (χ0) is 15.4. The van der Waals surface area contributed by atoms with E-state index in [1.165, 1.54) is 30.4 Å². The second-order valence-corrected chi connectivity index (χ2v) is 6.54. The van der Waals surface area contributed by atoms with Crippen LogP contribution in [0, 0.1) is 13.8 Å². The second kappa shape index (κ2) is 8.76. The van der Waals surface area contributed by atoms with Crippen LogP contribution >= 0.6 is 12.4 Å². The maximum Gasteiger partial charge on any atom is 0.119 e. The summed E-state index contributed by atoms with van der Waals surface area (Å²) < 4.78 is 5.74. The predicted molar refractivity (Wildman–Crippen MR) is 94.1 cm³/mol. The van der Waals surface area contributed by atoms with Gasteiger partial charge in [-0.1, -0.05) is 12.5 Å². The molecule has 22 heavy (non-hydrogen) atoms. The number of nitrogens with zero attached hydrogens (tertiary/aromatic N) is 1. The molecule has 3 atom stereocenters. The highest BCUT2D eigenvalue weighted by atomic mass is 35.5. The highest BCUT2D eigenvalue weighted by Gasteiger charge is 2.26. The van der Waals surface area contributed by atoms with E-state index in [1.54, 1.807) is 0 Å². The molecule has 0 radical (unpaired) electrons. The van der Waals surface area contributed by atoms with Crippen LogP contribution in [0.25, 0.3) is 0 Å². The molecule has 0 bridgehead atoms. The van der Waals surface area contributed by atoms with Crippen LogP contribution in [-0.2, 0) is 0 Å². The lowest BCUT2D eigenvalue weighted by atomic mass is 9.97. The van der Waals surface area contributed by atoms with Crippen molar-refractivity contribution >= 4 is 12.4 Å². The Balaban J connectivity index is 0.00000242. The summed E-state index contributed by atoms with van der Waals surface area (Å²) >= 11 is 0. The fourth-order valence-electron chi connectivity index (χ4n) is 3.13. The van der Waals surface area contributed by atoms with Crippen molar-refractivity contribution in [2.24, 2.45) is 0 Å². The zero-order valence-electron chi connectivity index (χ0n) is 14.2. The monoisotopic (exact) mass is 327 g/mol. The molecule has 2 rings (SSSR count). The largest absolute Gasteiger partial charge is 0.491 e. The van der Waals surface area contributed by atoms with Gasteiger partial charge in [-0.25, -0.2) is 0 Å². The number of rotatable bonds is 5. The molecule has 1 heterocycles. The maximum absolute atomic E-state index is 10.3. The highest BCUT2D eigenvalue weighted by molar-refractivity contribution is 5.85. The number of likely N-dealkylation sites (tertiary alicyclic amines) is 1. The molecule has 0 amide bonds. The van der Waals surface area contributed by atoms with E-state index in [0.29, 0.717) is 25.2 Å². The van der Waals surface area contributed by atoms with Crippen LogP contribution < -0.4 is 4.74 Å². The Kier molecular flexibility index (Phi) is 7.67. The van der Waals surface area contributed by atoms with E-state index in [4.69, 9.17) is 4.74 Å². The Morgan fingerprint density at radius 2 is 1.82 bits per heavy atom. The average molecular weight is 328 g/mol. The number of ether oxygens (including phenoxy) is 1. The van der Waals surface area contributed by atoms with Gasteiger partial charge in [0.25, 0.3) is 0 Å². The number of halogens is 1.